The van der Waals surface area contributed by atoms with Crippen molar-refractivity contribution < 1.29 is 4.74 Å². The minimum absolute atomic E-state index is 0.379. The van der Waals surface area contributed by atoms with Crippen LogP contribution in [0.1, 0.15) is 22.5 Å². The van der Waals surface area contributed by atoms with E-state index < -0.39 is 0 Å². The summed E-state index contributed by atoms with van der Waals surface area (Å²) in [6.45, 7) is 5.08. The highest BCUT2D eigenvalue weighted by Gasteiger charge is 2.14. The van der Waals surface area contributed by atoms with E-state index in [0.717, 1.165) is 33.7 Å². The fraction of sp³-hybridized carbons (Fsp3) is 0.174. The summed E-state index contributed by atoms with van der Waals surface area (Å²) >= 11 is 12.5. The Labute approximate surface area is 174 Å². The number of para-hydroxylation sites is 2. The summed E-state index contributed by atoms with van der Waals surface area (Å²) in [5, 5.41) is 1.27. The van der Waals surface area contributed by atoms with Crippen molar-refractivity contribution in [3.63, 3.8) is 0 Å². The summed E-state index contributed by atoms with van der Waals surface area (Å²) in [6, 6.07) is 19.9. The fourth-order valence-electron chi connectivity index (χ4n) is 3.24. The maximum absolute atomic E-state index is 6.41. The van der Waals surface area contributed by atoms with Gasteiger partial charge in [0.05, 0.1) is 17.6 Å². The van der Waals surface area contributed by atoms with Gasteiger partial charge in [0.2, 0.25) is 0 Å². The Bertz CT molecular complexity index is 1150. The second-order valence-corrected chi connectivity index (χ2v) is 7.74. The molecule has 0 aliphatic heterocycles. The number of hydrogen-bond donors (Lipinski definition) is 0. The van der Waals surface area contributed by atoms with Crippen molar-refractivity contribution in [2.45, 2.75) is 27.0 Å². The van der Waals surface area contributed by atoms with Crippen molar-refractivity contribution in [3.8, 4) is 5.75 Å². The molecule has 0 saturated heterocycles. The molecule has 0 aliphatic rings. The fourth-order valence-corrected chi connectivity index (χ4v) is 3.71. The standard InChI is InChI=1S/C23H20Cl2N2O/c1-15-7-8-16(2)22(11-15)28-14-23-26-20-5-3-4-6-21(20)27(23)13-17-9-10-18(24)12-19(17)25/h3-12H,13-14H2,1-2H3. The number of aryl methyl sites for hydroxylation is 2. The first-order valence-electron chi connectivity index (χ1n) is 9.09. The van der Waals surface area contributed by atoms with Gasteiger partial charge in [-0.15, -0.1) is 0 Å². The van der Waals surface area contributed by atoms with E-state index in [9.17, 15) is 0 Å². The van der Waals surface area contributed by atoms with Gasteiger partial charge in [-0.3, -0.25) is 0 Å². The SMILES string of the molecule is Cc1ccc(C)c(OCc2nc3ccccc3n2Cc2ccc(Cl)cc2Cl)c1. The van der Waals surface area contributed by atoms with E-state index in [-0.39, 0.29) is 0 Å². The number of ether oxygens (including phenoxy) is 1. The van der Waals surface area contributed by atoms with Crippen molar-refractivity contribution in [1.82, 2.24) is 9.55 Å². The molecule has 3 aromatic carbocycles. The van der Waals surface area contributed by atoms with Crippen LogP contribution in [0.25, 0.3) is 11.0 Å². The highest BCUT2D eigenvalue weighted by atomic mass is 35.5. The third-order valence-electron chi connectivity index (χ3n) is 4.78. The molecule has 0 spiro atoms. The molecule has 0 atom stereocenters. The molecule has 0 fully saturated rings. The molecule has 0 amide bonds. The zero-order valence-corrected chi connectivity index (χ0v) is 17.3. The molecule has 1 heterocycles. The van der Waals surface area contributed by atoms with Gasteiger partial charge in [-0.05, 0) is 60.9 Å². The van der Waals surface area contributed by atoms with Crippen LogP contribution in [0.15, 0.2) is 60.7 Å². The van der Waals surface area contributed by atoms with Crippen LogP contribution in [-0.4, -0.2) is 9.55 Å². The first-order valence-corrected chi connectivity index (χ1v) is 9.85. The van der Waals surface area contributed by atoms with Crippen molar-refractivity contribution in [1.29, 1.82) is 0 Å². The molecule has 142 valence electrons. The van der Waals surface area contributed by atoms with Crippen LogP contribution in [0.2, 0.25) is 10.0 Å². The predicted molar refractivity (Wildman–Crippen MR) is 116 cm³/mol. The van der Waals surface area contributed by atoms with Gasteiger partial charge < -0.3 is 9.30 Å². The smallest absolute Gasteiger partial charge is 0.148 e. The topological polar surface area (TPSA) is 27.1 Å². The minimum Gasteiger partial charge on any atom is -0.485 e. The number of benzene rings is 3. The summed E-state index contributed by atoms with van der Waals surface area (Å²) in [5.41, 5.74) is 5.25. The van der Waals surface area contributed by atoms with E-state index in [1.807, 2.05) is 37.3 Å². The number of rotatable bonds is 5. The number of aromatic nitrogens is 2. The molecule has 0 unspecified atom stereocenters. The molecule has 0 radical (unpaired) electrons. The highest BCUT2D eigenvalue weighted by molar-refractivity contribution is 6.35. The van der Waals surface area contributed by atoms with Crippen LogP contribution in [-0.2, 0) is 13.2 Å². The first-order chi connectivity index (χ1) is 13.5. The largest absolute Gasteiger partial charge is 0.485 e. The molecule has 3 nitrogen and oxygen atoms in total. The predicted octanol–water partition coefficient (Wildman–Crippen LogP) is 6.59. The van der Waals surface area contributed by atoms with E-state index in [4.69, 9.17) is 32.9 Å². The highest BCUT2D eigenvalue weighted by Crippen LogP contribution is 2.26. The number of halogens is 2. The molecule has 5 heteroatoms. The van der Waals surface area contributed by atoms with Crippen LogP contribution in [0, 0.1) is 13.8 Å². The Morgan fingerprint density at radius 3 is 2.61 bits per heavy atom. The van der Waals surface area contributed by atoms with Crippen LogP contribution >= 0.6 is 23.2 Å². The van der Waals surface area contributed by atoms with Gasteiger partial charge in [-0.2, -0.15) is 0 Å². The van der Waals surface area contributed by atoms with Crippen LogP contribution in [0.5, 0.6) is 5.75 Å². The van der Waals surface area contributed by atoms with E-state index in [1.54, 1.807) is 6.07 Å². The molecule has 0 saturated carbocycles. The van der Waals surface area contributed by atoms with Crippen molar-refractivity contribution in [2.24, 2.45) is 0 Å². The second kappa shape index (κ2) is 7.86. The minimum atomic E-state index is 0.379. The summed E-state index contributed by atoms with van der Waals surface area (Å²) in [6.07, 6.45) is 0. The van der Waals surface area contributed by atoms with E-state index in [0.29, 0.717) is 23.2 Å². The van der Waals surface area contributed by atoms with Gasteiger partial charge in [-0.25, -0.2) is 4.98 Å². The van der Waals surface area contributed by atoms with Crippen LogP contribution in [0.3, 0.4) is 0 Å². The lowest BCUT2D eigenvalue weighted by atomic mass is 10.1. The third kappa shape index (κ3) is 3.87. The zero-order chi connectivity index (χ0) is 19.7. The maximum atomic E-state index is 6.41. The second-order valence-electron chi connectivity index (χ2n) is 6.90. The van der Waals surface area contributed by atoms with E-state index in [2.05, 4.69) is 35.8 Å². The number of hydrogen-bond acceptors (Lipinski definition) is 2. The Balaban J connectivity index is 1.69. The van der Waals surface area contributed by atoms with Gasteiger partial charge in [-0.1, -0.05) is 53.5 Å². The summed E-state index contributed by atoms with van der Waals surface area (Å²) < 4.78 is 8.27. The van der Waals surface area contributed by atoms with Crippen molar-refractivity contribution in [3.05, 3.63) is 93.2 Å². The number of fused-ring (bicyclic) bond motifs is 1. The van der Waals surface area contributed by atoms with Gasteiger partial charge in [0.1, 0.15) is 18.2 Å². The molecular weight excluding hydrogens is 391 g/mol. The summed E-state index contributed by atoms with van der Waals surface area (Å²) in [4.78, 5) is 4.79. The van der Waals surface area contributed by atoms with E-state index >= 15 is 0 Å². The third-order valence-corrected chi connectivity index (χ3v) is 5.36. The van der Waals surface area contributed by atoms with Gasteiger partial charge in [0.15, 0.2) is 0 Å². The van der Waals surface area contributed by atoms with Crippen molar-refractivity contribution >= 4 is 34.2 Å². The Kier molecular flexibility index (Phi) is 5.29. The molecule has 0 bridgehead atoms. The lowest BCUT2D eigenvalue weighted by Gasteiger charge is -2.13. The average Bonchev–Trinajstić information content (AvgIpc) is 3.02. The van der Waals surface area contributed by atoms with Gasteiger partial charge in [0.25, 0.3) is 0 Å². The van der Waals surface area contributed by atoms with Crippen molar-refractivity contribution in [2.75, 3.05) is 0 Å². The quantitative estimate of drug-likeness (QED) is 0.371. The Morgan fingerprint density at radius 2 is 1.79 bits per heavy atom. The Hall–Kier alpha value is -2.49. The Morgan fingerprint density at radius 1 is 0.964 bits per heavy atom. The first kappa shape index (κ1) is 18.9. The molecular formula is C23H20Cl2N2O. The molecule has 0 N–H and O–H groups in total. The average molecular weight is 411 g/mol. The van der Waals surface area contributed by atoms with Crippen LogP contribution in [0.4, 0.5) is 0 Å². The summed E-state index contributed by atoms with van der Waals surface area (Å²) in [7, 11) is 0. The lowest BCUT2D eigenvalue weighted by molar-refractivity contribution is 0.289. The normalized spacial score (nSPS) is 11.1. The monoisotopic (exact) mass is 410 g/mol. The molecule has 4 aromatic rings. The summed E-state index contributed by atoms with van der Waals surface area (Å²) in [5.74, 6) is 1.73. The lowest BCUT2D eigenvalue weighted by Crippen LogP contribution is -2.09. The van der Waals surface area contributed by atoms with E-state index in [1.165, 1.54) is 5.56 Å². The van der Waals surface area contributed by atoms with Crippen LogP contribution < -0.4 is 4.74 Å². The zero-order valence-electron chi connectivity index (χ0n) is 15.7. The molecule has 28 heavy (non-hydrogen) atoms. The number of imidazole rings is 1. The molecule has 4 rings (SSSR count). The number of nitrogens with zero attached hydrogens (tertiary/aromatic N) is 2. The van der Waals surface area contributed by atoms with Gasteiger partial charge in [0, 0.05) is 10.0 Å². The molecule has 1 aromatic heterocycles. The maximum Gasteiger partial charge on any atom is 0.148 e. The molecule has 0 aliphatic carbocycles. The van der Waals surface area contributed by atoms with Gasteiger partial charge >= 0.3 is 0 Å².